The van der Waals surface area contributed by atoms with E-state index in [0.29, 0.717) is 0 Å². The van der Waals surface area contributed by atoms with Crippen molar-refractivity contribution in [3.8, 4) is 21.9 Å². The number of furan rings is 1. The van der Waals surface area contributed by atoms with Crippen molar-refractivity contribution in [2.24, 2.45) is 0 Å². The van der Waals surface area contributed by atoms with Gasteiger partial charge in [-0.3, -0.25) is 0 Å². The summed E-state index contributed by atoms with van der Waals surface area (Å²) in [5.41, 5.74) is 3.95. The Morgan fingerprint density at radius 3 is 2.62 bits per heavy atom. The molecule has 0 unspecified atom stereocenters. The van der Waals surface area contributed by atoms with Crippen LogP contribution in [-0.4, -0.2) is 4.98 Å². The standard InChI is InChI=1S/C13H9NOS/c1-2-5-10(6-3-1)12-13(16-9-14-12)11-7-4-8-15-11/h1-9H. The maximum absolute atomic E-state index is 5.41. The number of rotatable bonds is 2. The van der Waals surface area contributed by atoms with E-state index in [9.17, 15) is 0 Å². The molecule has 2 aromatic heterocycles. The lowest BCUT2D eigenvalue weighted by Gasteiger charge is -1.99. The quantitative estimate of drug-likeness (QED) is 0.659. The van der Waals surface area contributed by atoms with Crippen LogP contribution in [-0.2, 0) is 0 Å². The highest BCUT2D eigenvalue weighted by molar-refractivity contribution is 7.13. The van der Waals surface area contributed by atoms with Crippen molar-refractivity contribution in [3.63, 3.8) is 0 Å². The molecule has 2 heterocycles. The highest BCUT2D eigenvalue weighted by Crippen LogP contribution is 2.34. The Bertz CT molecular complexity index is 569. The number of nitrogens with zero attached hydrogens (tertiary/aromatic N) is 1. The van der Waals surface area contributed by atoms with Crippen LogP contribution in [0, 0.1) is 0 Å². The fourth-order valence-corrected chi connectivity index (χ4v) is 2.41. The summed E-state index contributed by atoms with van der Waals surface area (Å²) in [5, 5.41) is 0. The van der Waals surface area contributed by atoms with Gasteiger partial charge in [0.25, 0.3) is 0 Å². The zero-order valence-corrected chi connectivity index (χ0v) is 9.28. The van der Waals surface area contributed by atoms with E-state index in [1.54, 1.807) is 17.6 Å². The third-order valence-corrected chi connectivity index (χ3v) is 3.20. The van der Waals surface area contributed by atoms with E-state index < -0.39 is 0 Å². The summed E-state index contributed by atoms with van der Waals surface area (Å²) < 4.78 is 5.41. The van der Waals surface area contributed by atoms with Crippen LogP contribution in [0.1, 0.15) is 0 Å². The topological polar surface area (TPSA) is 26.0 Å². The van der Waals surface area contributed by atoms with Crippen LogP contribution in [0.4, 0.5) is 0 Å². The van der Waals surface area contributed by atoms with Crippen molar-refractivity contribution in [1.82, 2.24) is 4.98 Å². The van der Waals surface area contributed by atoms with Crippen molar-refractivity contribution in [2.45, 2.75) is 0 Å². The van der Waals surface area contributed by atoms with E-state index in [4.69, 9.17) is 4.42 Å². The minimum absolute atomic E-state index is 0.876. The summed E-state index contributed by atoms with van der Waals surface area (Å²) in [7, 11) is 0. The van der Waals surface area contributed by atoms with Gasteiger partial charge in [0.15, 0.2) is 0 Å². The number of thiazole rings is 1. The molecule has 1 aromatic carbocycles. The largest absolute Gasteiger partial charge is 0.463 e. The predicted molar refractivity (Wildman–Crippen MR) is 65.3 cm³/mol. The third kappa shape index (κ3) is 1.55. The second kappa shape index (κ2) is 3.94. The van der Waals surface area contributed by atoms with Gasteiger partial charge >= 0.3 is 0 Å². The Morgan fingerprint density at radius 1 is 1.00 bits per heavy atom. The van der Waals surface area contributed by atoms with Crippen LogP contribution >= 0.6 is 11.3 Å². The van der Waals surface area contributed by atoms with E-state index in [-0.39, 0.29) is 0 Å². The number of benzene rings is 1. The molecule has 3 heteroatoms. The summed E-state index contributed by atoms with van der Waals surface area (Å²) in [6.07, 6.45) is 1.68. The van der Waals surface area contributed by atoms with Gasteiger partial charge in [-0.1, -0.05) is 30.3 Å². The Hall–Kier alpha value is -1.87. The van der Waals surface area contributed by atoms with Gasteiger partial charge in [0.1, 0.15) is 5.76 Å². The van der Waals surface area contributed by atoms with Crippen molar-refractivity contribution < 1.29 is 4.42 Å². The van der Waals surface area contributed by atoms with Gasteiger partial charge in [-0.25, -0.2) is 4.98 Å². The first-order valence-electron chi connectivity index (χ1n) is 4.98. The fraction of sp³-hybridized carbons (Fsp3) is 0. The number of aromatic nitrogens is 1. The first-order valence-corrected chi connectivity index (χ1v) is 5.86. The highest BCUT2D eigenvalue weighted by atomic mass is 32.1. The molecule has 0 radical (unpaired) electrons. The van der Waals surface area contributed by atoms with Crippen LogP contribution in [0.5, 0.6) is 0 Å². The SMILES string of the molecule is c1ccc(-c2ncsc2-c2ccco2)cc1. The van der Waals surface area contributed by atoms with Gasteiger partial charge in [-0.2, -0.15) is 0 Å². The van der Waals surface area contributed by atoms with E-state index in [1.165, 1.54) is 0 Å². The molecule has 0 fully saturated rings. The molecule has 16 heavy (non-hydrogen) atoms. The molecule has 3 aromatic rings. The Kier molecular flexibility index (Phi) is 2.31. The van der Waals surface area contributed by atoms with Crippen LogP contribution in [0.25, 0.3) is 21.9 Å². The van der Waals surface area contributed by atoms with Crippen molar-refractivity contribution in [3.05, 3.63) is 54.2 Å². The van der Waals surface area contributed by atoms with Crippen molar-refractivity contribution >= 4 is 11.3 Å². The summed E-state index contributed by atoms with van der Waals surface area (Å²) in [6.45, 7) is 0. The number of hydrogen-bond donors (Lipinski definition) is 0. The fourth-order valence-electron chi connectivity index (χ4n) is 1.63. The molecule has 0 aliphatic rings. The van der Waals surface area contributed by atoms with Gasteiger partial charge in [0.05, 0.1) is 22.3 Å². The highest BCUT2D eigenvalue weighted by Gasteiger charge is 2.12. The Morgan fingerprint density at radius 2 is 1.88 bits per heavy atom. The first kappa shape index (κ1) is 9.36. The Balaban J connectivity index is 2.14. The monoisotopic (exact) mass is 227 g/mol. The minimum Gasteiger partial charge on any atom is -0.463 e. The maximum atomic E-state index is 5.41. The molecule has 0 aliphatic heterocycles. The molecule has 3 rings (SSSR count). The molecular formula is C13H9NOS. The summed E-state index contributed by atoms with van der Waals surface area (Å²) in [5.74, 6) is 0.876. The second-order valence-electron chi connectivity index (χ2n) is 3.37. The van der Waals surface area contributed by atoms with Gasteiger partial charge in [-0.15, -0.1) is 11.3 Å². The molecular weight excluding hydrogens is 218 g/mol. The van der Waals surface area contributed by atoms with Crippen molar-refractivity contribution in [1.29, 1.82) is 0 Å². The molecule has 0 amide bonds. The van der Waals surface area contributed by atoms with Crippen LogP contribution in [0.3, 0.4) is 0 Å². The van der Waals surface area contributed by atoms with E-state index >= 15 is 0 Å². The minimum atomic E-state index is 0.876. The van der Waals surface area contributed by atoms with Gasteiger partial charge in [0, 0.05) is 5.56 Å². The number of hydrogen-bond acceptors (Lipinski definition) is 3. The molecule has 78 valence electrons. The first-order chi connectivity index (χ1) is 7.95. The van der Waals surface area contributed by atoms with E-state index in [1.807, 2.05) is 35.8 Å². The smallest absolute Gasteiger partial charge is 0.146 e. The second-order valence-corrected chi connectivity index (χ2v) is 4.23. The van der Waals surface area contributed by atoms with Gasteiger partial charge in [0.2, 0.25) is 0 Å². The molecule has 0 saturated heterocycles. The van der Waals surface area contributed by atoms with E-state index in [2.05, 4.69) is 17.1 Å². The predicted octanol–water partition coefficient (Wildman–Crippen LogP) is 4.07. The lowest BCUT2D eigenvalue weighted by molar-refractivity contribution is 0.584. The molecule has 0 saturated carbocycles. The Labute approximate surface area is 97.2 Å². The average molecular weight is 227 g/mol. The molecule has 0 aliphatic carbocycles. The summed E-state index contributed by atoms with van der Waals surface area (Å²) in [4.78, 5) is 5.48. The molecule has 0 N–H and O–H groups in total. The zero-order chi connectivity index (χ0) is 10.8. The third-order valence-electron chi connectivity index (χ3n) is 2.36. The summed E-state index contributed by atoms with van der Waals surface area (Å²) in [6, 6.07) is 14.0. The zero-order valence-electron chi connectivity index (χ0n) is 8.46. The average Bonchev–Trinajstić information content (AvgIpc) is 3.01. The van der Waals surface area contributed by atoms with Gasteiger partial charge < -0.3 is 4.42 Å². The maximum Gasteiger partial charge on any atom is 0.146 e. The van der Waals surface area contributed by atoms with Crippen molar-refractivity contribution in [2.75, 3.05) is 0 Å². The van der Waals surface area contributed by atoms with Crippen LogP contribution in [0.15, 0.2) is 58.7 Å². The molecule has 0 atom stereocenters. The molecule has 2 nitrogen and oxygen atoms in total. The van der Waals surface area contributed by atoms with Crippen LogP contribution < -0.4 is 0 Å². The normalized spacial score (nSPS) is 10.5. The van der Waals surface area contributed by atoms with Crippen LogP contribution in [0.2, 0.25) is 0 Å². The lowest BCUT2D eigenvalue weighted by atomic mass is 10.1. The molecule has 0 spiro atoms. The molecule has 0 bridgehead atoms. The van der Waals surface area contributed by atoms with Gasteiger partial charge in [-0.05, 0) is 12.1 Å². The summed E-state index contributed by atoms with van der Waals surface area (Å²) >= 11 is 1.60. The lowest BCUT2D eigenvalue weighted by Crippen LogP contribution is -1.79. The van der Waals surface area contributed by atoms with E-state index in [0.717, 1.165) is 21.9 Å².